The third-order valence-corrected chi connectivity index (χ3v) is 3.79. The smallest absolute Gasteiger partial charge is 0.346 e. The molecule has 3 rings (SSSR count). The fourth-order valence-electron chi connectivity index (χ4n) is 2.57. The van der Waals surface area contributed by atoms with E-state index in [1.165, 1.54) is 12.1 Å². The first-order chi connectivity index (χ1) is 12.6. The van der Waals surface area contributed by atoms with Crippen molar-refractivity contribution in [3.05, 3.63) is 95.6 Å². The van der Waals surface area contributed by atoms with Crippen molar-refractivity contribution in [2.75, 3.05) is 0 Å². The number of rotatable bonds is 4. The molecule has 0 amide bonds. The van der Waals surface area contributed by atoms with Crippen molar-refractivity contribution in [1.29, 1.82) is 0 Å². The van der Waals surface area contributed by atoms with E-state index in [2.05, 4.69) is 0 Å². The maximum Gasteiger partial charge on any atom is 0.346 e. The number of hydrogen-bond donors (Lipinski definition) is 1. The number of benzene rings is 3. The van der Waals surface area contributed by atoms with E-state index in [1.54, 1.807) is 66.7 Å². The van der Waals surface area contributed by atoms with Crippen LogP contribution in [0.5, 0.6) is 0 Å². The van der Waals surface area contributed by atoms with Gasteiger partial charge in [-0.3, -0.25) is 0 Å². The number of esters is 2. The van der Waals surface area contributed by atoms with Crippen LogP contribution in [0, 0.1) is 0 Å². The minimum absolute atomic E-state index is 0.0575. The van der Waals surface area contributed by atoms with Crippen LogP contribution in [0.25, 0.3) is 11.1 Å². The zero-order chi connectivity index (χ0) is 18.5. The zero-order valence-corrected chi connectivity index (χ0v) is 13.6. The molecule has 0 bridgehead atoms. The van der Waals surface area contributed by atoms with Gasteiger partial charge in [0.25, 0.3) is 0 Å². The third-order valence-electron chi connectivity index (χ3n) is 3.79. The number of aromatic carboxylic acids is 1. The van der Waals surface area contributed by atoms with E-state index in [1.807, 2.05) is 0 Å². The van der Waals surface area contributed by atoms with Gasteiger partial charge in [0.15, 0.2) is 0 Å². The summed E-state index contributed by atoms with van der Waals surface area (Å²) in [5, 5.41) is 9.38. The summed E-state index contributed by atoms with van der Waals surface area (Å²) >= 11 is 0. The highest BCUT2D eigenvalue weighted by Crippen LogP contribution is 2.28. The van der Waals surface area contributed by atoms with Crippen LogP contribution < -0.4 is 0 Å². The number of carboxylic acids is 1. The fourth-order valence-corrected chi connectivity index (χ4v) is 2.57. The van der Waals surface area contributed by atoms with Gasteiger partial charge in [0.05, 0.1) is 16.7 Å². The van der Waals surface area contributed by atoms with Crippen molar-refractivity contribution in [2.45, 2.75) is 0 Å². The third kappa shape index (κ3) is 3.52. The SMILES string of the molecule is O=C(OC(=O)c1ccccc1-c1ccccc1C(=O)O)c1ccccc1. The summed E-state index contributed by atoms with van der Waals surface area (Å²) < 4.78 is 4.96. The maximum atomic E-state index is 12.5. The summed E-state index contributed by atoms with van der Waals surface area (Å²) in [5.41, 5.74) is 1.19. The van der Waals surface area contributed by atoms with Crippen molar-refractivity contribution in [3.63, 3.8) is 0 Å². The number of carboxylic acid groups (broad SMARTS) is 1. The molecule has 0 fully saturated rings. The molecule has 5 heteroatoms. The van der Waals surface area contributed by atoms with Gasteiger partial charge in [0, 0.05) is 0 Å². The minimum atomic E-state index is -1.11. The monoisotopic (exact) mass is 346 g/mol. The van der Waals surface area contributed by atoms with Crippen molar-refractivity contribution in [1.82, 2.24) is 0 Å². The average molecular weight is 346 g/mol. The van der Waals surface area contributed by atoms with Gasteiger partial charge in [-0.1, -0.05) is 54.6 Å². The number of carbonyl (C=O) groups excluding carboxylic acids is 2. The molecule has 0 aliphatic rings. The van der Waals surface area contributed by atoms with Gasteiger partial charge in [0.1, 0.15) is 0 Å². The molecule has 26 heavy (non-hydrogen) atoms. The Kier molecular flexibility index (Phi) is 4.90. The van der Waals surface area contributed by atoms with Gasteiger partial charge < -0.3 is 9.84 Å². The van der Waals surface area contributed by atoms with Crippen LogP contribution in [0.15, 0.2) is 78.9 Å². The first kappa shape index (κ1) is 17.1. The summed E-state index contributed by atoms with van der Waals surface area (Å²) in [6, 6.07) is 20.9. The lowest BCUT2D eigenvalue weighted by Crippen LogP contribution is -2.14. The molecular formula is C21H14O5. The molecule has 1 N–H and O–H groups in total. The summed E-state index contributed by atoms with van der Waals surface area (Å²) in [5.74, 6) is -2.71. The highest BCUT2D eigenvalue weighted by atomic mass is 16.6. The van der Waals surface area contributed by atoms with Gasteiger partial charge in [0.2, 0.25) is 0 Å². The van der Waals surface area contributed by atoms with Gasteiger partial charge in [-0.25, -0.2) is 14.4 Å². The minimum Gasteiger partial charge on any atom is -0.478 e. The number of carbonyl (C=O) groups is 3. The van der Waals surface area contributed by atoms with Crippen LogP contribution in [0.3, 0.4) is 0 Å². The second kappa shape index (κ2) is 7.44. The first-order valence-corrected chi connectivity index (χ1v) is 7.81. The maximum absolute atomic E-state index is 12.5. The predicted octanol–water partition coefficient (Wildman–Crippen LogP) is 4.05. The first-order valence-electron chi connectivity index (χ1n) is 7.81. The van der Waals surface area contributed by atoms with E-state index in [9.17, 15) is 19.5 Å². The Bertz CT molecular complexity index is 976. The standard InChI is InChI=1S/C21H14O5/c22-19(23)17-12-6-4-10-15(17)16-11-5-7-13-18(16)21(25)26-20(24)14-8-2-1-3-9-14/h1-13H,(H,22,23). The van der Waals surface area contributed by atoms with Crippen LogP contribution >= 0.6 is 0 Å². The van der Waals surface area contributed by atoms with E-state index in [0.717, 1.165) is 0 Å². The predicted molar refractivity (Wildman–Crippen MR) is 95.0 cm³/mol. The van der Waals surface area contributed by atoms with Gasteiger partial charge in [-0.05, 0) is 35.4 Å². The largest absolute Gasteiger partial charge is 0.478 e. The summed E-state index contributed by atoms with van der Waals surface area (Å²) in [4.78, 5) is 36.1. The summed E-state index contributed by atoms with van der Waals surface area (Å²) in [6.45, 7) is 0. The Labute approximate surface area is 149 Å². The quantitative estimate of drug-likeness (QED) is 0.569. The van der Waals surface area contributed by atoms with Crippen LogP contribution in [0.1, 0.15) is 31.1 Å². The zero-order valence-electron chi connectivity index (χ0n) is 13.6. The number of hydrogen-bond acceptors (Lipinski definition) is 4. The Morgan fingerprint density at radius 3 is 1.73 bits per heavy atom. The average Bonchev–Trinajstić information content (AvgIpc) is 2.68. The fraction of sp³-hybridized carbons (Fsp3) is 0. The van der Waals surface area contributed by atoms with Crippen molar-refractivity contribution < 1.29 is 24.2 Å². The topological polar surface area (TPSA) is 80.7 Å². The van der Waals surface area contributed by atoms with Crippen LogP contribution in [-0.4, -0.2) is 23.0 Å². The molecule has 0 aliphatic carbocycles. The molecule has 0 radical (unpaired) electrons. The second-order valence-corrected chi connectivity index (χ2v) is 5.44. The lowest BCUT2D eigenvalue weighted by atomic mass is 9.95. The molecule has 0 atom stereocenters. The van der Waals surface area contributed by atoms with E-state index in [4.69, 9.17) is 4.74 Å². The molecule has 0 aliphatic heterocycles. The molecule has 0 aromatic heterocycles. The van der Waals surface area contributed by atoms with Gasteiger partial charge >= 0.3 is 17.9 Å². The highest BCUT2D eigenvalue weighted by Gasteiger charge is 2.20. The molecule has 0 heterocycles. The van der Waals surface area contributed by atoms with Crippen molar-refractivity contribution >= 4 is 17.9 Å². The lowest BCUT2D eigenvalue weighted by Gasteiger charge is -2.11. The summed E-state index contributed by atoms with van der Waals surface area (Å²) in [6.07, 6.45) is 0. The second-order valence-electron chi connectivity index (χ2n) is 5.44. The molecular weight excluding hydrogens is 332 g/mol. The molecule has 3 aromatic rings. The van der Waals surface area contributed by atoms with Crippen molar-refractivity contribution in [3.8, 4) is 11.1 Å². The Morgan fingerprint density at radius 2 is 1.12 bits per heavy atom. The molecule has 128 valence electrons. The van der Waals surface area contributed by atoms with Gasteiger partial charge in [-0.15, -0.1) is 0 Å². The molecule has 3 aromatic carbocycles. The molecule has 0 unspecified atom stereocenters. The Morgan fingerprint density at radius 1 is 0.615 bits per heavy atom. The number of ether oxygens (including phenoxy) is 1. The van der Waals surface area contributed by atoms with Crippen LogP contribution in [0.4, 0.5) is 0 Å². The highest BCUT2D eigenvalue weighted by molar-refractivity contribution is 6.07. The van der Waals surface area contributed by atoms with E-state index >= 15 is 0 Å². The molecule has 0 saturated carbocycles. The molecule has 0 spiro atoms. The molecule has 5 nitrogen and oxygen atoms in total. The summed E-state index contributed by atoms with van der Waals surface area (Å²) in [7, 11) is 0. The molecule has 0 saturated heterocycles. The van der Waals surface area contributed by atoms with E-state index in [-0.39, 0.29) is 16.7 Å². The van der Waals surface area contributed by atoms with Crippen molar-refractivity contribution in [2.24, 2.45) is 0 Å². The van der Waals surface area contributed by atoms with Gasteiger partial charge in [-0.2, -0.15) is 0 Å². The normalized spacial score (nSPS) is 10.2. The van der Waals surface area contributed by atoms with E-state index in [0.29, 0.717) is 11.1 Å². The van der Waals surface area contributed by atoms with Crippen LogP contribution in [0.2, 0.25) is 0 Å². The van der Waals surface area contributed by atoms with Crippen LogP contribution in [-0.2, 0) is 4.74 Å². The van der Waals surface area contributed by atoms with E-state index < -0.39 is 17.9 Å². The Hall–Kier alpha value is -3.73. The lowest BCUT2D eigenvalue weighted by molar-refractivity contribution is 0.0397. The Balaban J connectivity index is 1.97.